The van der Waals surface area contributed by atoms with Crippen LogP contribution in [0, 0.1) is 17.0 Å². The highest BCUT2D eigenvalue weighted by atomic mass is 32.2. The first-order valence-electron chi connectivity index (χ1n) is 8.65. The second kappa shape index (κ2) is 7.47. The number of thioether (sulfide) groups is 1. The molecule has 10 heteroatoms. The van der Waals surface area contributed by atoms with Crippen molar-refractivity contribution in [1.29, 1.82) is 0 Å². The molecule has 1 fully saturated rings. The molecule has 1 aliphatic heterocycles. The van der Waals surface area contributed by atoms with Crippen LogP contribution in [-0.2, 0) is 11.5 Å². The molecule has 1 aromatic heterocycles. The summed E-state index contributed by atoms with van der Waals surface area (Å²) >= 11 is 1.30. The van der Waals surface area contributed by atoms with Crippen LogP contribution in [0.3, 0.4) is 0 Å². The van der Waals surface area contributed by atoms with Gasteiger partial charge in [0, 0.05) is 12.1 Å². The number of non-ortho nitro benzene ring substituents is 1. The monoisotopic (exact) mass is 409 g/mol. The molecule has 0 unspecified atom stereocenters. The molecule has 0 bridgehead atoms. The Morgan fingerprint density at radius 2 is 2.03 bits per heavy atom. The van der Waals surface area contributed by atoms with Crippen LogP contribution in [0.2, 0.25) is 0 Å². The standard InChI is InChI=1S/C19H15N5O4S/c1-12-4-2-3-5-15(12)21-19-23(17(25)9-29-19)11-22-10-20-16-7-6-13(24(27)28)8-14(16)18(22)26/h2-8,10H,9,11H2,1H3. The number of benzene rings is 2. The van der Waals surface area contributed by atoms with Gasteiger partial charge in [-0.3, -0.25) is 29.2 Å². The normalized spacial score (nSPS) is 15.4. The minimum atomic E-state index is -0.566. The summed E-state index contributed by atoms with van der Waals surface area (Å²) in [5.41, 5.74) is 1.42. The maximum absolute atomic E-state index is 12.8. The molecule has 2 heterocycles. The maximum atomic E-state index is 12.8. The number of para-hydroxylation sites is 1. The van der Waals surface area contributed by atoms with Gasteiger partial charge in [-0.15, -0.1) is 0 Å². The second-order valence-electron chi connectivity index (χ2n) is 6.41. The van der Waals surface area contributed by atoms with Gasteiger partial charge >= 0.3 is 0 Å². The van der Waals surface area contributed by atoms with Crippen LogP contribution < -0.4 is 5.56 Å². The van der Waals surface area contributed by atoms with E-state index in [0.29, 0.717) is 10.7 Å². The number of carbonyl (C=O) groups is 1. The molecule has 0 saturated carbocycles. The molecule has 1 saturated heterocycles. The summed E-state index contributed by atoms with van der Waals surface area (Å²) in [5.74, 6) is 0.0553. The molecule has 0 radical (unpaired) electrons. The number of nitro benzene ring substituents is 1. The lowest BCUT2D eigenvalue weighted by Gasteiger charge is -2.17. The fourth-order valence-electron chi connectivity index (χ4n) is 2.93. The molecule has 1 amide bonds. The molecule has 4 rings (SSSR count). The number of amidine groups is 1. The highest BCUT2D eigenvalue weighted by Crippen LogP contribution is 2.26. The first-order valence-corrected chi connectivity index (χ1v) is 9.63. The van der Waals surface area contributed by atoms with Crippen LogP contribution in [0.4, 0.5) is 11.4 Å². The summed E-state index contributed by atoms with van der Waals surface area (Å²) in [5, 5.41) is 11.6. The Bertz CT molecular complexity index is 1240. The number of hydrogen-bond acceptors (Lipinski definition) is 7. The van der Waals surface area contributed by atoms with Gasteiger partial charge in [-0.1, -0.05) is 30.0 Å². The number of carbonyl (C=O) groups excluding carboxylic acids is 1. The van der Waals surface area contributed by atoms with Crippen molar-refractivity contribution in [3.05, 3.63) is 74.8 Å². The molecular weight excluding hydrogens is 394 g/mol. The van der Waals surface area contributed by atoms with E-state index in [0.717, 1.165) is 11.3 Å². The Kier molecular flexibility index (Phi) is 4.85. The molecule has 2 aromatic carbocycles. The molecule has 0 N–H and O–H groups in total. The zero-order chi connectivity index (χ0) is 20.5. The largest absolute Gasteiger partial charge is 0.280 e. The van der Waals surface area contributed by atoms with E-state index in [9.17, 15) is 19.7 Å². The van der Waals surface area contributed by atoms with E-state index in [1.807, 2.05) is 31.2 Å². The highest BCUT2D eigenvalue weighted by Gasteiger charge is 2.29. The fourth-order valence-corrected chi connectivity index (χ4v) is 3.81. The van der Waals surface area contributed by atoms with E-state index in [1.165, 1.54) is 45.8 Å². The van der Waals surface area contributed by atoms with Crippen molar-refractivity contribution in [3.8, 4) is 0 Å². The van der Waals surface area contributed by atoms with Gasteiger partial charge in [0.2, 0.25) is 5.91 Å². The van der Waals surface area contributed by atoms with Crippen LogP contribution in [0.5, 0.6) is 0 Å². The summed E-state index contributed by atoms with van der Waals surface area (Å²) in [4.78, 5) is 45.8. The van der Waals surface area contributed by atoms with Crippen molar-refractivity contribution in [2.24, 2.45) is 4.99 Å². The van der Waals surface area contributed by atoms with Crippen molar-refractivity contribution in [1.82, 2.24) is 14.5 Å². The van der Waals surface area contributed by atoms with Crippen LogP contribution in [0.15, 0.2) is 58.6 Å². The van der Waals surface area contributed by atoms with Crippen LogP contribution in [0.1, 0.15) is 5.56 Å². The molecule has 0 atom stereocenters. The molecule has 29 heavy (non-hydrogen) atoms. The van der Waals surface area contributed by atoms with E-state index in [-0.39, 0.29) is 29.4 Å². The minimum Gasteiger partial charge on any atom is -0.280 e. The van der Waals surface area contributed by atoms with Gasteiger partial charge in [-0.05, 0) is 24.6 Å². The van der Waals surface area contributed by atoms with Gasteiger partial charge in [0.25, 0.3) is 11.2 Å². The minimum absolute atomic E-state index is 0.0684. The van der Waals surface area contributed by atoms with E-state index in [2.05, 4.69) is 9.98 Å². The predicted molar refractivity (Wildman–Crippen MR) is 110 cm³/mol. The average Bonchev–Trinajstić information content (AvgIpc) is 3.05. The summed E-state index contributed by atoms with van der Waals surface area (Å²) in [6, 6.07) is 11.5. The van der Waals surface area contributed by atoms with Gasteiger partial charge in [-0.25, -0.2) is 9.98 Å². The van der Waals surface area contributed by atoms with Gasteiger partial charge in [0.15, 0.2) is 5.17 Å². The van der Waals surface area contributed by atoms with Gasteiger partial charge in [-0.2, -0.15) is 0 Å². The van der Waals surface area contributed by atoms with Gasteiger partial charge < -0.3 is 0 Å². The molecular formula is C19H15N5O4S. The fraction of sp³-hybridized carbons (Fsp3) is 0.158. The average molecular weight is 409 g/mol. The summed E-state index contributed by atoms with van der Waals surface area (Å²) in [7, 11) is 0. The number of nitro groups is 1. The molecule has 0 aliphatic carbocycles. The Morgan fingerprint density at radius 3 is 2.79 bits per heavy atom. The Labute approximate surface area is 168 Å². The summed E-state index contributed by atoms with van der Waals surface area (Å²) < 4.78 is 1.25. The lowest BCUT2D eigenvalue weighted by atomic mass is 10.2. The molecule has 1 aliphatic rings. The van der Waals surface area contributed by atoms with E-state index in [4.69, 9.17) is 0 Å². The number of aromatic nitrogens is 2. The lowest BCUT2D eigenvalue weighted by Crippen LogP contribution is -2.36. The van der Waals surface area contributed by atoms with Crippen LogP contribution in [-0.4, -0.2) is 36.2 Å². The SMILES string of the molecule is Cc1ccccc1N=C1SCC(=O)N1Cn1cnc2ccc([N+](=O)[O-])cc2c1=O. The number of amides is 1. The van der Waals surface area contributed by atoms with Crippen molar-refractivity contribution in [3.63, 3.8) is 0 Å². The Hall–Kier alpha value is -3.53. The highest BCUT2D eigenvalue weighted by molar-refractivity contribution is 8.15. The number of hydrogen-bond donors (Lipinski definition) is 0. The van der Waals surface area contributed by atoms with E-state index >= 15 is 0 Å². The lowest BCUT2D eigenvalue weighted by molar-refractivity contribution is -0.384. The Morgan fingerprint density at radius 1 is 1.24 bits per heavy atom. The van der Waals surface area contributed by atoms with Crippen molar-refractivity contribution in [2.45, 2.75) is 13.6 Å². The van der Waals surface area contributed by atoms with Crippen LogP contribution in [0.25, 0.3) is 10.9 Å². The second-order valence-corrected chi connectivity index (χ2v) is 7.35. The van der Waals surface area contributed by atoms with E-state index < -0.39 is 10.5 Å². The quantitative estimate of drug-likeness (QED) is 0.484. The van der Waals surface area contributed by atoms with Gasteiger partial charge in [0.05, 0.1) is 33.6 Å². The Balaban J connectivity index is 1.72. The van der Waals surface area contributed by atoms with Crippen molar-refractivity contribution >= 4 is 45.1 Å². The number of fused-ring (bicyclic) bond motifs is 1. The molecule has 9 nitrogen and oxygen atoms in total. The number of rotatable bonds is 4. The summed E-state index contributed by atoms with van der Waals surface area (Å²) in [6.45, 7) is 1.86. The topological polar surface area (TPSA) is 111 Å². The van der Waals surface area contributed by atoms with Crippen LogP contribution >= 0.6 is 11.8 Å². The smallest absolute Gasteiger partial charge is 0.270 e. The zero-order valence-electron chi connectivity index (χ0n) is 15.3. The predicted octanol–water partition coefficient (Wildman–Crippen LogP) is 2.83. The van der Waals surface area contributed by atoms with Gasteiger partial charge in [0.1, 0.15) is 6.67 Å². The zero-order valence-corrected chi connectivity index (χ0v) is 16.1. The summed E-state index contributed by atoms with van der Waals surface area (Å²) in [6.07, 6.45) is 1.33. The number of aliphatic imine (C=N–C) groups is 1. The molecule has 0 spiro atoms. The number of aryl methyl sites for hydroxylation is 1. The third-order valence-electron chi connectivity index (χ3n) is 4.50. The third-order valence-corrected chi connectivity index (χ3v) is 5.46. The number of nitrogens with zero attached hydrogens (tertiary/aromatic N) is 5. The molecule has 146 valence electrons. The van der Waals surface area contributed by atoms with Crippen molar-refractivity contribution in [2.75, 3.05) is 5.75 Å². The first-order chi connectivity index (χ1) is 13.9. The molecule has 3 aromatic rings. The first kappa shape index (κ1) is 18.8. The maximum Gasteiger partial charge on any atom is 0.270 e. The van der Waals surface area contributed by atoms with E-state index in [1.54, 1.807) is 0 Å². The van der Waals surface area contributed by atoms with Crippen molar-refractivity contribution < 1.29 is 9.72 Å². The third kappa shape index (κ3) is 3.61.